The minimum absolute atomic E-state index is 0.532. The molecule has 1 aromatic rings. The molecule has 0 amide bonds. The molecule has 1 rings (SSSR count). The van der Waals surface area contributed by atoms with Crippen molar-refractivity contribution in [2.45, 2.75) is 6.92 Å². The summed E-state index contributed by atoms with van der Waals surface area (Å²) in [6, 6.07) is 5.72. The van der Waals surface area contributed by atoms with Gasteiger partial charge in [-0.05, 0) is 24.6 Å². The molecular formula is C10H15NO2. The normalized spacial score (nSPS) is 10.0. The highest BCUT2D eigenvalue weighted by atomic mass is 16.5. The monoisotopic (exact) mass is 181 g/mol. The van der Waals surface area contributed by atoms with E-state index < -0.39 is 0 Å². The fourth-order valence-corrected chi connectivity index (χ4v) is 1.00. The van der Waals surface area contributed by atoms with Crippen LogP contribution in [-0.2, 0) is 4.74 Å². The van der Waals surface area contributed by atoms with Crippen LogP contribution in [0.25, 0.3) is 0 Å². The Balaban J connectivity index is 2.59. The quantitative estimate of drug-likeness (QED) is 0.567. The van der Waals surface area contributed by atoms with E-state index in [0.717, 1.165) is 11.3 Å². The van der Waals surface area contributed by atoms with Gasteiger partial charge < -0.3 is 15.2 Å². The van der Waals surface area contributed by atoms with Gasteiger partial charge in [-0.3, -0.25) is 0 Å². The van der Waals surface area contributed by atoms with Crippen molar-refractivity contribution < 1.29 is 9.47 Å². The van der Waals surface area contributed by atoms with Gasteiger partial charge in [0.15, 0.2) is 0 Å². The van der Waals surface area contributed by atoms with E-state index in [1.807, 2.05) is 25.1 Å². The van der Waals surface area contributed by atoms with Crippen LogP contribution in [0.15, 0.2) is 18.2 Å². The summed E-state index contributed by atoms with van der Waals surface area (Å²) in [7, 11) is 1.64. The molecule has 0 aliphatic carbocycles. The van der Waals surface area contributed by atoms with Gasteiger partial charge in [0.1, 0.15) is 12.4 Å². The van der Waals surface area contributed by atoms with Crippen LogP contribution in [-0.4, -0.2) is 20.3 Å². The summed E-state index contributed by atoms with van der Waals surface area (Å²) >= 11 is 0. The van der Waals surface area contributed by atoms with Crippen LogP contribution in [0, 0.1) is 6.92 Å². The predicted octanol–water partition coefficient (Wildman–Crippen LogP) is 1.60. The first-order valence-electron chi connectivity index (χ1n) is 4.22. The van der Waals surface area contributed by atoms with Crippen molar-refractivity contribution in [3.05, 3.63) is 23.8 Å². The first kappa shape index (κ1) is 9.86. The first-order chi connectivity index (χ1) is 6.24. The van der Waals surface area contributed by atoms with E-state index >= 15 is 0 Å². The Morgan fingerprint density at radius 1 is 1.31 bits per heavy atom. The molecule has 0 saturated heterocycles. The van der Waals surface area contributed by atoms with Crippen molar-refractivity contribution in [1.82, 2.24) is 0 Å². The molecule has 0 atom stereocenters. The smallest absolute Gasteiger partial charge is 0.142 e. The SMILES string of the molecule is COCCOc1cc(C)ccc1N. The van der Waals surface area contributed by atoms with E-state index in [2.05, 4.69) is 0 Å². The largest absolute Gasteiger partial charge is 0.489 e. The molecule has 72 valence electrons. The van der Waals surface area contributed by atoms with Gasteiger partial charge in [-0.25, -0.2) is 0 Å². The van der Waals surface area contributed by atoms with Crippen LogP contribution in [0.5, 0.6) is 5.75 Å². The Kier molecular flexibility index (Phi) is 3.58. The van der Waals surface area contributed by atoms with Crippen LogP contribution in [0.1, 0.15) is 5.56 Å². The maximum Gasteiger partial charge on any atom is 0.142 e. The number of hydrogen-bond donors (Lipinski definition) is 1. The number of hydrogen-bond acceptors (Lipinski definition) is 3. The third-order valence-electron chi connectivity index (χ3n) is 1.71. The van der Waals surface area contributed by atoms with Gasteiger partial charge >= 0.3 is 0 Å². The number of anilines is 1. The number of nitrogens with two attached hydrogens (primary N) is 1. The van der Waals surface area contributed by atoms with Gasteiger partial charge in [0.05, 0.1) is 12.3 Å². The second-order valence-corrected chi connectivity index (χ2v) is 2.88. The van der Waals surface area contributed by atoms with Crippen molar-refractivity contribution >= 4 is 5.69 Å². The molecule has 0 bridgehead atoms. The lowest BCUT2D eigenvalue weighted by Gasteiger charge is -2.08. The third-order valence-corrected chi connectivity index (χ3v) is 1.71. The molecule has 0 spiro atoms. The molecule has 0 saturated carbocycles. The summed E-state index contributed by atoms with van der Waals surface area (Å²) in [4.78, 5) is 0. The van der Waals surface area contributed by atoms with E-state index in [0.29, 0.717) is 18.9 Å². The van der Waals surface area contributed by atoms with Gasteiger partial charge in [0.25, 0.3) is 0 Å². The Labute approximate surface area is 78.5 Å². The summed E-state index contributed by atoms with van der Waals surface area (Å²) in [5.41, 5.74) is 7.51. The number of benzene rings is 1. The number of ether oxygens (including phenoxy) is 2. The second kappa shape index (κ2) is 4.72. The van der Waals surface area contributed by atoms with E-state index in [4.69, 9.17) is 15.2 Å². The van der Waals surface area contributed by atoms with Crippen molar-refractivity contribution in [1.29, 1.82) is 0 Å². The molecular weight excluding hydrogens is 166 g/mol. The highest BCUT2D eigenvalue weighted by Crippen LogP contribution is 2.21. The zero-order valence-electron chi connectivity index (χ0n) is 8.04. The average Bonchev–Trinajstić information content (AvgIpc) is 2.11. The van der Waals surface area contributed by atoms with Crippen molar-refractivity contribution in [2.24, 2.45) is 0 Å². The topological polar surface area (TPSA) is 44.5 Å². The summed E-state index contributed by atoms with van der Waals surface area (Å²) in [6.07, 6.45) is 0. The molecule has 0 heterocycles. The lowest BCUT2D eigenvalue weighted by atomic mass is 10.2. The Morgan fingerprint density at radius 2 is 2.08 bits per heavy atom. The lowest BCUT2D eigenvalue weighted by molar-refractivity contribution is 0.146. The number of rotatable bonds is 4. The van der Waals surface area contributed by atoms with Crippen LogP contribution < -0.4 is 10.5 Å². The van der Waals surface area contributed by atoms with E-state index in [1.54, 1.807) is 7.11 Å². The number of methoxy groups -OCH3 is 1. The third kappa shape index (κ3) is 2.95. The molecule has 0 aliphatic rings. The van der Waals surface area contributed by atoms with Gasteiger partial charge in [0, 0.05) is 7.11 Å². The minimum atomic E-state index is 0.532. The summed E-state index contributed by atoms with van der Waals surface area (Å²) in [5, 5.41) is 0. The lowest BCUT2D eigenvalue weighted by Crippen LogP contribution is -2.05. The van der Waals surface area contributed by atoms with E-state index in [1.165, 1.54) is 0 Å². The molecule has 2 N–H and O–H groups in total. The molecule has 3 nitrogen and oxygen atoms in total. The highest BCUT2D eigenvalue weighted by molar-refractivity contribution is 5.53. The zero-order chi connectivity index (χ0) is 9.68. The predicted molar refractivity (Wildman–Crippen MR) is 53.0 cm³/mol. The molecule has 0 fully saturated rings. The van der Waals surface area contributed by atoms with Crippen LogP contribution in [0.3, 0.4) is 0 Å². The van der Waals surface area contributed by atoms with Crippen molar-refractivity contribution in [2.75, 3.05) is 26.1 Å². The van der Waals surface area contributed by atoms with Crippen molar-refractivity contribution in [3.8, 4) is 5.75 Å². The molecule has 13 heavy (non-hydrogen) atoms. The molecule has 0 unspecified atom stereocenters. The number of aryl methyl sites for hydroxylation is 1. The standard InChI is InChI=1S/C10H15NO2/c1-8-3-4-9(11)10(7-8)13-6-5-12-2/h3-4,7H,5-6,11H2,1-2H3. The fourth-order valence-electron chi connectivity index (χ4n) is 1.00. The average molecular weight is 181 g/mol. The van der Waals surface area contributed by atoms with E-state index in [-0.39, 0.29) is 0 Å². The summed E-state index contributed by atoms with van der Waals surface area (Å²) in [5.74, 6) is 0.733. The fraction of sp³-hybridized carbons (Fsp3) is 0.400. The summed E-state index contributed by atoms with van der Waals surface area (Å²) < 4.78 is 10.3. The molecule has 0 aromatic heterocycles. The first-order valence-corrected chi connectivity index (χ1v) is 4.22. The van der Waals surface area contributed by atoms with Gasteiger partial charge in [-0.2, -0.15) is 0 Å². The molecule has 0 aliphatic heterocycles. The zero-order valence-corrected chi connectivity index (χ0v) is 8.04. The maximum atomic E-state index is 5.71. The minimum Gasteiger partial charge on any atom is -0.489 e. The maximum absolute atomic E-state index is 5.71. The van der Waals surface area contributed by atoms with Crippen molar-refractivity contribution in [3.63, 3.8) is 0 Å². The molecule has 0 radical (unpaired) electrons. The Bertz CT molecular complexity index is 274. The van der Waals surface area contributed by atoms with Crippen LogP contribution >= 0.6 is 0 Å². The molecule has 1 aromatic carbocycles. The van der Waals surface area contributed by atoms with Crippen LogP contribution in [0.2, 0.25) is 0 Å². The second-order valence-electron chi connectivity index (χ2n) is 2.88. The Morgan fingerprint density at radius 3 is 2.77 bits per heavy atom. The Hall–Kier alpha value is -1.22. The van der Waals surface area contributed by atoms with Gasteiger partial charge in [0.2, 0.25) is 0 Å². The van der Waals surface area contributed by atoms with E-state index in [9.17, 15) is 0 Å². The van der Waals surface area contributed by atoms with Crippen LogP contribution in [0.4, 0.5) is 5.69 Å². The van der Waals surface area contributed by atoms with Gasteiger partial charge in [-0.15, -0.1) is 0 Å². The highest BCUT2D eigenvalue weighted by Gasteiger charge is 1.99. The summed E-state index contributed by atoms with van der Waals surface area (Å²) in [6.45, 7) is 3.11. The molecule has 3 heteroatoms. The number of nitrogen functional groups attached to an aromatic ring is 1. The van der Waals surface area contributed by atoms with Gasteiger partial charge in [-0.1, -0.05) is 6.07 Å².